The normalized spacial score (nSPS) is 22.8. The van der Waals surface area contributed by atoms with E-state index < -0.39 is 15.9 Å². The summed E-state index contributed by atoms with van der Waals surface area (Å²) in [7, 11) is -1.21. The number of aliphatic hydroxyl groups excluding tert-OH is 1. The standard InChI is InChI=1S/C16H23BrClNO4S/c1-19(14-4-3-5-16(14)24(2,21)22)9-12(20)10-23-15-7-6-11(18)8-13(15)17/h6-8,12,14,16,20H,3-5,9-10H2,1-2H3/t12-,14-,16-/m0/s1. The van der Waals surface area contributed by atoms with Crippen molar-refractivity contribution in [2.45, 2.75) is 36.7 Å². The molecule has 0 amide bonds. The molecule has 1 aromatic carbocycles. The highest BCUT2D eigenvalue weighted by Gasteiger charge is 2.37. The maximum atomic E-state index is 11.9. The average Bonchev–Trinajstić information content (AvgIpc) is 2.96. The molecule has 0 heterocycles. The first kappa shape index (κ1) is 20.0. The molecule has 0 aliphatic heterocycles. The molecule has 8 heteroatoms. The SMILES string of the molecule is CN(C[C@H](O)COc1ccc(Cl)cc1Br)[C@H]1CCC[C@@H]1S(C)(=O)=O. The molecule has 1 aliphatic carbocycles. The van der Waals surface area contributed by atoms with Crippen LogP contribution in [0, 0.1) is 0 Å². The lowest BCUT2D eigenvalue weighted by Gasteiger charge is -2.30. The lowest BCUT2D eigenvalue weighted by Crippen LogP contribution is -2.45. The molecule has 2 rings (SSSR count). The zero-order chi connectivity index (χ0) is 17.9. The van der Waals surface area contributed by atoms with Gasteiger partial charge in [0.15, 0.2) is 9.84 Å². The van der Waals surface area contributed by atoms with Crippen molar-refractivity contribution in [3.05, 3.63) is 27.7 Å². The lowest BCUT2D eigenvalue weighted by molar-refractivity contribution is 0.0640. The van der Waals surface area contributed by atoms with Crippen molar-refractivity contribution in [2.75, 3.05) is 26.5 Å². The molecule has 1 fully saturated rings. The van der Waals surface area contributed by atoms with Crippen molar-refractivity contribution >= 4 is 37.4 Å². The van der Waals surface area contributed by atoms with E-state index in [1.807, 2.05) is 11.9 Å². The number of rotatable bonds is 7. The molecular weight excluding hydrogens is 418 g/mol. The van der Waals surface area contributed by atoms with E-state index in [1.165, 1.54) is 6.26 Å². The van der Waals surface area contributed by atoms with E-state index in [-0.39, 0.29) is 17.9 Å². The number of sulfone groups is 1. The van der Waals surface area contributed by atoms with Gasteiger partial charge in [0.2, 0.25) is 0 Å². The van der Waals surface area contributed by atoms with E-state index in [1.54, 1.807) is 18.2 Å². The summed E-state index contributed by atoms with van der Waals surface area (Å²) in [5.74, 6) is 0.607. The molecule has 3 atom stereocenters. The maximum absolute atomic E-state index is 11.9. The van der Waals surface area contributed by atoms with Crippen LogP contribution in [-0.4, -0.2) is 62.3 Å². The third-order valence-electron chi connectivity index (χ3n) is 4.36. The second-order valence-corrected chi connectivity index (χ2v) is 9.90. The van der Waals surface area contributed by atoms with Gasteiger partial charge in [0.1, 0.15) is 18.5 Å². The zero-order valence-corrected chi connectivity index (χ0v) is 16.9. The van der Waals surface area contributed by atoms with Crippen LogP contribution in [0.1, 0.15) is 19.3 Å². The number of halogens is 2. The van der Waals surface area contributed by atoms with E-state index in [2.05, 4.69) is 15.9 Å². The zero-order valence-electron chi connectivity index (χ0n) is 13.8. The Kier molecular flexibility index (Phi) is 6.96. The summed E-state index contributed by atoms with van der Waals surface area (Å²) in [6, 6.07) is 5.14. The highest BCUT2D eigenvalue weighted by molar-refractivity contribution is 9.10. The number of nitrogens with zero attached hydrogens (tertiary/aromatic N) is 1. The summed E-state index contributed by atoms with van der Waals surface area (Å²) in [4.78, 5) is 1.93. The molecule has 0 bridgehead atoms. The Labute approximate surface area is 157 Å². The molecule has 1 N–H and O–H groups in total. The highest BCUT2D eigenvalue weighted by atomic mass is 79.9. The molecule has 136 valence electrons. The summed E-state index contributed by atoms with van der Waals surface area (Å²) < 4.78 is 30.1. The van der Waals surface area contributed by atoms with Gasteiger partial charge in [-0.05, 0) is 54.0 Å². The fraction of sp³-hybridized carbons (Fsp3) is 0.625. The van der Waals surface area contributed by atoms with E-state index >= 15 is 0 Å². The van der Waals surface area contributed by atoms with Crippen molar-refractivity contribution in [1.29, 1.82) is 0 Å². The van der Waals surface area contributed by atoms with Gasteiger partial charge in [-0.25, -0.2) is 8.42 Å². The van der Waals surface area contributed by atoms with E-state index in [4.69, 9.17) is 16.3 Å². The van der Waals surface area contributed by atoms with Crippen molar-refractivity contribution < 1.29 is 18.3 Å². The van der Waals surface area contributed by atoms with Crippen LogP contribution < -0.4 is 4.74 Å². The van der Waals surface area contributed by atoms with Crippen molar-refractivity contribution in [1.82, 2.24) is 4.90 Å². The number of benzene rings is 1. The smallest absolute Gasteiger partial charge is 0.151 e. The molecule has 5 nitrogen and oxygen atoms in total. The second-order valence-electron chi connectivity index (χ2n) is 6.35. The summed E-state index contributed by atoms with van der Waals surface area (Å²) in [6.07, 6.45) is 3.01. The predicted octanol–water partition coefficient (Wildman–Crippen LogP) is 2.74. The van der Waals surface area contributed by atoms with Crippen LogP contribution in [0.15, 0.2) is 22.7 Å². The van der Waals surface area contributed by atoms with Gasteiger partial charge in [0.25, 0.3) is 0 Å². The topological polar surface area (TPSA) is 66.8 Å². The van der Waals surface area contributed by atoms with Gasteiger partial charge in [-0.15, -0.1) is 0 Å². The van der Waals surface area contributed by atoms with Gasteiger partial charge in [0.05, 0.1) is 9.72 Å². The molecule has 0 spiro atoms. The van der Waals surface area contributed by atoms with E-state index in [9.17, 15) is 13.5 Å². The van der Waals surface area contributed by atoms with Gasteiger partial charge >= 0.3 is 0 Å². The Morgan fingerprint density at radius 3 is 2.79 bits per heavy atom. The minimum atomic E-state index is -3.07. The van der Waals surface area contributed by atoms with Crippen molar-refractivity contribution in [2.24, 2.45) is 0 Å². The Balaban J connectivity index is 1.88. The lowest BCUT2D eigenvalue weighted by atomic mass is 10.2. The van der Waals surface area contributed by atoms with Gasteiger partial charge < -0.3 is 9.84 Å². The number of ether oxygens (including phenoxy) is 1. The summed E-state index contributed by atoms with van der Waals surface area (Å²) in [5.41, 5.74) is 0. The maximum Gasteiger partial charge on any atom is 0.151 e. The first-order valence-electron chi connectivity index (χ1n) is 7.83. The second kappa shape index (κ2) is 8.36. The molecule has 0 radical (unpaired) electrons. The molecular formula is C16H23BrClNO4S. The van der Waals surface area contributed by atoms with Crippen LogP contribution in [0.3, 0.4) is 0 Å². The Morgan fingerprint density at radius 1 is 1.46 bits per heavy atom. The fourth-order valence-corrected chi connectivity index (χ4v) is 5.52. The Hall–Kier alpha value is -0.340. The summed E-state index contributed by atoms with van der Waals surface area (Å²) in [6.45, 7) is 0.489. The quantitative estimate of drug-likeness (QED) is 0.706. The van der Waals surface area contributed by atoms with Gasteiger partial charge in [-0.2, -0.15) is 0 Å². The molecule has 0 aromatic heterocycles. The first-order valence-corrected chi connectivity index (χ1v) is 11.0. The molecule has 0 unspecified atom stereocenters. The van der Waals surface area contributed by atoms with Crippen LogP contribution in [0.5, 0.6) is 5.75 Å². The van der Waals surface area contributed by atoms with Crippen LogP contribution >= 0.6 is 27.5 Å². The fourth-order valence-electron chi connectivity index (χ4n) is 3.21. The third kappa shape index (κ3) is 5.33. The molecule has 1 aromatic rings. The molecule has 0 saturated heterocycles. The van der Waals surface area contributed by atoms with Crippen LogP contribution in [0.4, 0.5) is 0 Å². The van der Waals surface area contributed by atoms with Gasteiger partial charge in [-0.1, -0.05) is 18.0 Å². The van der Waals surface area contributed by atoms with Crippen LogP contribution in [0.25, 0.3) is 0 Å². The molecule has 1 aliphatic rings. The summed E-state index contributed by atoms with van der Waals surface area (Å²) >= 11 is 9.24. The van der Waals surface area contributed by atoms with Gasteiger partial charge in [0, 0.05) is 23.9 Å². The monoisotopic (exact) mass is 439 g/mol. The van der Waals surface area contributed by atoms with Crippen molar-refractivity contribution in [3.63, 3.8) is 0 Å². The van der Waals surface area contributed by atoms with Crippen LogP contribution in [0.2, 0.25) is 5.02 Å². The van der Waals surface area contributed by atoms with Gasteiger partial charge in [-0.3, -0.25) is 4.90 Å². The Morgan fingerprint density at radius 2 is 2.17 bits per heavy atom. The highest BCUT2D eigenvalue weighted by Crippen LogP contribution is 2.29. The number of aliphatic hydroxyl groups is 1. The summed E-state index contributed by atoms with van der Waals surface area (Å²) in [5, 5.41) is 10.5. The third-order valence-corrected chi connectivity index (χ3v) is 6.86. The predicted molar refractivity (Wildman–Crippen MR) is 99.6 cm³/mol. The minimum absolute atomic E-state index is 0.0445. The average molecular weight is 441 g/mol. The molecule has 24 heavy (non-hydrogen) atoms. The molecule has 1 saturated carbocycles. The van der Waals surface area contributed by atoms with Crippen molar-refractivity contribution in [3.8, 4) is 5.75 Å². The Bertz CT molecular complexity index is 670. The minimum Gasteiger partial charge on any atom is -0.490 e. The number of likely N-dealkylation sites (N-methyl/N-ethyl adjacent to an activating group) is 1. The largest absolute Gasteiger partial charge is 0.490 e. The number of hydrogen-bond donors (Lipinski definition) is 1. The van der Waals surface area contributed by atoms with E-state index in [0.29, 0.717) is 23.7 Å². The first-order chi connectivity index (χ1) is 11.2. The number of hydrogen-bond acceptors (Lipinski definition) is 5. The van der Waals surface area contributed by atoms with E-state index in [0.717, 1.165) is 17.3 Å². The van der Waals surface area contributed by atoms with Crippen LogP contribution in [-0.2, 0) is 9.84 Å².